The van der Waals surface area contributed by atoms with Crippen LogP contribution < -0.4 is 15.8 Å². The summed E-state index contributed by atoms with van der Waals surface area (Å²) >= 11 is 0. The van der Waals surface area contributed by atoms with Crippen LogP contribution in [0.1, 0.15) is 31.0 Å². The van der Waals surface area contributed by atoms with E-state index in [1.807, 2.05) is 38.1 Å². The predicted octanol–water partition coefficient (Wildman–Crippen LogP) is 2.35. The lowest BCUT2D eigenvalue weighted by atomic mass is 10.1. The first-order chi connectivity index (χ1) is 12.1. The average molecular weight is 340 g/mol. The van der Waals surface area contributed by atoms with E-state index >= 15 is 0 Å². The van der Waals surface area contributed by atoms with Gasteiger partial charge in [-0.25, -0.2) is 4.98 Å². The van der Waals surface area contributed by atoms with Crippen LogP contribution >= 0.6 is 0 Å². The largest absolute Gasteiger partial charge is 0.342 e. The van der Waals surface area contributed by atoms with E-state index in [9.17, 15) is 9.59 Å². The van der Waals surface area contributed by atoms with E-state index in [1.54, 1.807) is 0 Å². The summed E-state index contributed by atoms with van der Waals surface area (Å²) in [6.07, 6.45) is 3.00. The highest BCUT2D eigenvalue weighted by molar-refractivity contribution is 5.91. The first-order valence-corrected chi connectivity index (χ1v) is 8.79. The fourth-order valence-electron chi connectivity index (χ4n) is 3.20. The number of nitrogens with zero attached hydrogens (tertiary/aromatic N) is 3. The summed E-state index contributed by atoms with van der Waals surface area (Å²) < 4.78 is 1.47. The maximum Gasteiger partial charge on any atom is 0.255 e. The van der Waals surface area contributed by atoms with Gasteiger partial charge in [0.05, 0.1) is 0 Å². The Hall–Kier alpha value is -2.63. The van der Waals surface area contributed by atoms with E-state index < -0.39 is 0 Å². The molecule has 1 fully saturated rings. The molecule has 1 aromatic heterocycles. The molecular formula is C19H24N4O2. The SMILES string of the molecule is CCc1ccccc1NC(=O)Cn1c(N2CCCC2)nc(C)cc1=O. The third kappa shape index (κ3) is 3.90. The van der Waals surface area contributed by atoms with E-state index in [-0.39, 0.29) is 18.0 Å². The molecule has 25 heavy (non-hydrogen) atoms. The zero-order valence-corrected chi connectivity index (χ0v) is 14.8. The second kappa shape index (κ2) is 7.51. The fraction of sp³-hybridized carbons (Fsp3) is 0.421. The number of anilines is 2. The van der Waals surface area contributed by atoms with Crippen molar-refractivity contribution in [2.75, 3.05) is 23.3 Å². The zero-order valence-electron chi connectivity index (χ0n) is 14.8. The summed E-state index contributed by atoms with van der Waals surface area (Å²) in [5, 5.41) is 2.92. The van der Waals surface area contributed by atoms with E-state index in [1.165, 1.54) is 10.6 Å². The number of rotatable bonds is 5. The van der Waals surface area contributed by atoms with Gasteiger partial charge in [-0.15, -0.1) is 0 Å². The van der Waals surface area contributed by atoms with Crippen molar-refractivity contribution < 1.29 is 4.79 Å². The van der Waals surface area contributed by atoms with Gasteiger partial charge in [0.1, 0.15) is 6.54 Å². The maximum atomic E-state index is 12.5. The van der Waals surface area contributed by atoms with Crippen molar-refractivity contribution in [1.29, 1.82) is 0 Å². The van der Waals surface area contributed by atoms with Gasteiger partial charge < -0.3 is 10.2 Å². The number of amides is 1. The van der Waals surface area contributed by atoms with Crippen molar-refractivity contribution >= 4 is 17.5 Å². The van der Waals surface area contributed by atoms with Gasteiger partial charge in [-0.05, 0) is 37.8 Å². The lowest BCUT2D eigenvalue weighted by Gasteiger charge is -2.21. The number of hydrogen-bond acceptors (Lipinski definition) is 4. The number of benzene rings is 1. The number of aromatic nitrogens is 2. The highest BCUT2D eigenvalue weighted by atomic mass is 16.2. The summed E-state index contributed by atoms with van der Waals surface area (Å²) in [5.74, 6) is 0.385. The predicted molar refractivity (Wildman–Crippen MR) is 99.1 cm³/mol. The normalized spacial score (nSPS) is 13.9. The zero-order chi connectivity index (χ0) is 17.8. The Morgan fingerprint density at radius 1 is 1.24 bits per heavy atom. The number of aryl methyl sites for hydroxylation is 2. The summed E-state index contributed by atoms with van der Waals surface area (Å²) in [6.45, 7) is 5.57. The Labute approximate surface area is 147 Å². The Morgan fingerprint density at radius 2 is 1.96 bits per heavy atom. The van der Waals surface area contributed by atoms with Crippen LogP contribution in [0, 0.1) is 6.92 Å². The van der Waals surface area contributed by atoms with Crippen molar-refractivity contribution in [3.63, 3.8) is 0 Å². The van der Waals surface area contributed by atoms with Crippen LogP contribution in [-0.4, -0.2) is 28.5 Å². The van der Waals surface area contributed by atoms with E-state index in [4.69, 9.17) is 0 Å². The first kappa shape index (κ1) is 17.2. The molecule has 1 saturated heterocycles. The molecule has 6 heteroatoms. The van der Waals surface area contributed by atoms with Gasteiger partial charge in [0.15, 0.2) is 0 Å². The minimum atomic E-state index is -0.214. The molecule has 132 valence electrons. The van der Waals surface area contributed by atoms with Gasteiger partial charge in [-0.2, -0.15) is 0 Å². The molecule has 0 aliphatic carbocycles. The second-order valence-corrected chi connectivity index (χ2v) is 6.37. The molecule has 0 spiro atoms. The third-order valence-electron chi connectivity index (χ3n) is 4.48. The Morgan fingerprint density at radius 3 is 2.68 bits per heavy atom. The molecule has 6 nitrogen and oxygen atoms in total. The molecule has 0 radical (unpaired) electrons. The number of carbonyl (C=O) groups is 1. The summed E-state index contributed by atoms with van der Waals surface area (Å²) in [4.78, 5) is 31.6. The monoisotopic (exact) mass is 340 g/mol. The Kier molecular flexibility index (Phi) is 5.16. The molecule has 0 atom stereocenters. The molecule has 1 aromatic carbocycles. The second-order valence-electron chi connectivity index (χ2n) is 6.37. The highest BCUT2D eigenvalue weighted by Gasteiger charge is 2.20. The molecule has 2 aromatic rings. The molecular weight excluding hydrogens is 316 g/mol. The standard InChI is InChI=1S/C19H24N4O2/c1-3-15-8-4-5-9-16(15)21-17(24)13-23-18(25)12-14(2)20-19(23)22-10-6-7-11-22/h4-5,8-9,12H,3,6-7,10-11,13H2,1-2H3,(H,21,24). The minimum absolute atomic E-state index is 0.0318. The van der Waals surface area contributed by atoms with Crippen LogP contribution in [0.2, 0.25) is 0 Å². The molecule has 0 bridgehead atoms. The van der Waals surface area contributed by atoms with Crippen LogP contribution in [0.5, 0.6) is 0 Å². The molecule has 1 aliphatic rings. The van der Waals surface area contributed by atoms with Crippen LogP contribution in [0.4, 0.5) is 11.6 Å². The van der Waals surface area contributed by atoms with Crippen molar-refractivity contribution in [2.24, 2.45) is 0 Å². The summed E-state index contributed by atoms with van der Waals surface area (Å²) in [6, 6.07) is 9.20. The Balaban J connectivity index is 1.84. The lowest BCUT2D eigenvalue weighted by molar-refractivity contribution is -0.116. The van der Waals surface area contributed by atoms with Gasteiger partial charge in [0, 0.05) is 30.5 Å². The van der Waals surface area contributed by atoms with Crippen molar-refractivity contribution in [3.8, 4) is 0 Å². The van der Waals surface area contributed by atoms with Crippen LogP contribution in [0.15, 0.2) is 35.1 Å². The topological polar surface area (TPSA) is 67.2 Å². The molecule has 0 unspecified atom stereocenters. The third-order valence-corrected chi connectivity index (χ3v) is 4.48. The number of para-hydroxylation sites is 1. The minimum Gasteiger partial charge on any atom is -0.342 e. The quantitative estimate of drug-likeness (QED) is 0.907. The summed E-state index contributed by atoms with van der Waals surface area (Å²) in [5.41, 5.74) is 2.36. The lowest BCUT2D eigenvalue weighted by Crippen LogP contribution is -2.34. The molecule has 0 saturated carbocycles. The molecule has 1 amide bonds. The van der Waals surface area contributed by atoms with E-state index in [2.05, 4.69) is 15.2 Å². The van der Waals surface area contributed by atoms with Gasteiger partial charge in [0.25, 0.3) is 5.56 Å². The van der Waals surface area contributed by atoms with E-state index in [0.29, 0.717) is 11.6 Å². The van der Waals surface area contributed by atoms with Gasteiger partial charge in [-0.1, -0.05) is 25.1 Å². The van der Waals surface area contributed by atoms with Crippen LogP contribution in [-0.2, 0) is 17.8 Å². The molecule has 1 N–H and O–H groups in total. The van der Waals surface area contributed by atoms with Gasteiger partial charge in [0.2, 0.25) is 11.9 Å². The maximum absolute atomic E-state index is 12.5. The van der Waals surface area contributed by atoms with Crippen molar-refractivity contribution in [1.82, 2.24) is 9.55 Å². The van der Waals surface area contributed by atoms with E-state index in [0.717, 1.165) is 43.6 Å². The van der Waals surface area contributed by atoms with Crippen LogP contribution in [0.3, 0.4) is 0 Å². The highest BCUT2D eigenvalue weighted by Crippen LogP contribution is 2.18. The first-order valence-electron chi connectivity index (χ1n) is 8.79. The number of carbonyl (C=O) groups excluding carboxylic acids is 1. The average Bonchev–Trinajstić information content (AvgIpc) is 3.12. The smallest absolute Gasteiger partial charge is 0.255 e. The number of hydrogen-bond donors (Lipinski definition) is 1. The molecule has 1 aliphatic heterocycles. The van der Waals surface area contributed by atoms with Gasteiger partial charge in [-0.3, -0.25) is 14.2 Å². The summed E-state index contributed by atoms with van der Waals surface area (Å²) in [7, 11) is 0. The molecule has 2 heterocycles. The van der Waals surface area contributed by atoms with Crippen molar-refractivity contribution in [3.05, 3.63) is 51.9 Å². The Bertz CT molecular complexity index is 822. The van der Waals surface area contributed by atoms with Crippen LogP contribution in [0.25, 0.3) is 0 Å². The van der Waals surface area contributed by atoms with Gasteiger partial charge >= 0.3 is 0 Å². The van der Waals surface area contributed by atoms with Crippen molar-refractivity contribution in [2.45, 2.75) is 39.7 Å². The molecule has 3 rings (SSSR count). The number of nitrogens with one attached hydrogen (secondary N) is 1. The fourth-order valence-corrected chi connectivity index (χ4v) is 3.20.